The van der Waals surface area contributed by atoms with Crippen molar-refractivity contribution in [2.45, 2.75) is 25.7 Å². The Labute approximate surface area is 210 Å². The highest BCUT2D eigenvalue weighted by atomic mass is 35.5. The van der Waals surface area contributed by atoms with E-state index in [4.69, 9.17) is 46.4 Å². The smallest absolute Gasteiger partial charge is 0.274 e. The molecule has 2 fully saturated rings. The number of amides is 3. The van der Waals surface area contributed by atoms with Gasteiger partial charge in [-0.25, -0.2) is 5.01 Å². The molecule has 6 nitrogen and oxygen atoms in total. The standard InChI is InChI=1S/C23H18Cl4N2O4/c24-12-5-7-16(18(26)9-12)20(30)11-28(21(31)17-8-6-13(25)10-19(17)27)29-22(32)14-3-1-2-4-15(14)23(29)33/h5-10,14-15H,1-4,11H2/t14-,15-/m1/s1. The molecule has 2 aromatic rings. The quantitative estimate of drug-likeness (QED) is 0.368. The molecule has 3 amide bonds. The van der Waals surface area contributed by atoms with Crippen molar-refractivity contribution in [2.75, 3.05) is 6.54 Å². The van der Waals surface area contributed by atoms with E-state index in [1.54, 1.807) is 0 Å². The lowest BCUT2D eigenvalue weighted by Gasteiger charge is -2.30. The number of halogens is 4. The first kappa shape index (κ1) is 24.0. The zero-order chi connectivity index (χ0) is 23.9. The molecule has 33 heavy (non-hydrogen) atoms. The molecule has 1 aliphatic carbocycles. The van der Waals surface area contributed by atoms with Gasteiger partial charge in [-0.1, -0.05) is 59.2 Å². The Morgan fingerprint density at radius 3 is 1.79 bits per heavy atom. The molecule has 4 rings (SSSR count). The minimum Gasteiger partial charge on any atom is -0.292 e. The van der Waals surface area contributed by atoms with Gasteiger partial charge >= 0.3 is 0 Å². The maximum Gasteiger partial charge on any atom is 0.274 e. The summed E-state index contributed by atoms with van der Waals surface area (Å²) in [5.74, 6) is -3.31. The molecule has 10 heteroatoms. The fourth-order valence-electron chi connectivity index (χ4n) is 4.35. The van der Waals surface area contributed by atoms with Crippen molar-refractivity contribution in [3.63, 3.8) is 0 Å². The van der Waals surface area contributed by atoms with Crippen molar-refractivity contribution >= 4 is 69.9 Å². The molecular weight excluding hydrogens is 510 g/mol. The van der Waals surface area contributed by atoms with Crippen molar-refractivity contribution in [2.24, 2.45) is 11.8 Å². The third kappa shape index (κ3) is 4.62. The summed E-state index contributed by atoms with van der Waals surface area (Å²) in [4.78, 5) is 53.0. The summed E-state index contributed by atoms with van der Waals surface area (Å²) in [6.45, 7) is -0.587. The molecule has 2 aliphatic rings. The Morgan fingerprint density at radius 2 is 1.30 bits per heavy atom. The van der Waals surface area contributed by atoms with Gasteiger partial charge in [0.2, 0.25) is 0 Å². The van der Waals surface area contributed by atoms with Crippen LogP contribution in [0.2, 0.25) is 20.1 Å². The normalized spacial score (nSPS) is 20.1. The van der Waals surface area contributed by atoms with Crippen LogP contribution in [0.4, 0.5) is 0 Å². The molecule has 0 N–H and O–H groups in total. The van der Waals surface area contributed by atoms with Gasteiger partial charge in [-0.15, -0.1) is 0 Å². The van der Waals surface area contributed by atoms with Gasteiger partial charge in [0, 0.05) is 15.6 Å². The van der Waals surface area contributed by atoms with E-state index >= 15 is 0 Å². The van der Waals surface area contributed by atoms with Crippen molar-refractivity contribution in [1.82, 2.24) is 10.0 Å². The predicted octanol–water partition coefficient (Wildman–Crippen LogP) is 5.72. The van der Waals surface area contributed by atoms with Crippen LogP contribution in [0.5, 0.6) is 0 Å². The number of hydrogen-bond acceptors (Lipinski definition) is 4. The fraction of sp³-hybridized carbons (Fsp3) is 0.304. The number of carbonyl (C=O) groups excluding carboxylic acids is 4. The molecule has 0 radical (unpaired) electrons. The SMILES string of the molecule is O=C(CN(C(=O)c1ccc(Cl)cc1Cl)N1C(=O)[C@@H]2CCCC[C@H]2C1=O)c1ccc(Cl)cc1Cl. The number of benzene rings is 2. The second kappa shape index (κ2) is 9.63. The summed E-state index contributed by atoms with van der Waals surface area (Å²) in [5.41, 5.74) is 0.115. The number of fused-ring (bicyclic) bond motifs is 1. The molecular formula is C23H18Cl4N2O4. The zero-order valence-corrected chi connectivity index (χ0v) is 20.2. The summed E-state index contributed by atoms with van der Waals surface area (Å²) in [7, 11) is 0. The third-order valence-corrected chi connectivity index (χ3v) is 7.08. The lowest BCUT2D eigenvalue weighted by Crippen LogP contribution is -2.52. The summed E-state index contributed by atoms with van der Waals surface area (Å²) in [6.07, 6.45) is 2.77. The Hall–Kier alpha value is -2.12. The molecule has 0 unspecified atom stereocenters. The van der Waals surface area contributed by atoms with E-state index in [9.17, 15) is 19.2 Å². The van der Waals surface area contributed by atoms with Gasteiger partial charge in [0.1, 0.15) is 6.54 Å². The topological polar surface area (TPSA) is 74.8 Å². The van der Waals surface area contributed by atoms with Crippen LogP contribution >= 0.6 is 46.4 Å². The number of carbonyl (C=O) groups is 4. The first-order valence-corrected chi connectivity index (χ1v) is 11.8. The van der Waals surface area contributed by atoms with Crippen molar-refractivity contribution in [3.8, 4) is 0 Å². The maximum atomic E-state index is 13.5. The van der Waals surface area contributed by atoms with Gasteiger partial charge in [-0.05, 0) is 49.2 Å². The van der Waals surface area contributed by atoms with Gasteiger partial charge in [-0.2, -0.15) is 5.01 Å². The molecule has 1 aliphatic heterocycles. The zero-order valence-electron chi connectivity index (χ0n) is 17.2. The second-order valence-corrected chi connectivity index (χ2v) is 9.71. The van der Waals surface area contributed by atoms with E-state index < -0.39 is 41.9 Å². The van der Waals surface area contributed by atoms with Crippen LogP contribution < -0.4 is 0 Å². The number of nitrogens with zero attached hydrogens (tertiary/aromatic N) is 2. The maximum absolute atomic E-state index is 13.5. The summed E-state index contributed by atoms with van der Waals surface area (Å²) in [6, 6.07) is 8.54. The van der Waals surface area contributed by atoms with Crippen LogP contribution in [0.3, 0.4) is 0 Å². The third-order valence-electron chi connectivity index (χ3n) is 5.98. The lowest BCUT2D eigenvalue weighted by atomic mass is 9.81. The molecule has 0 bridgehead atoms. The molecule has 2 atom stereocenters. The second-order valence-electron chi connectivity index (χ2n) is 8.02. The highest BCUT2D eigenvalue weighted by molar-refractivity contribution is 6.37. The Morgan fingerprint density at radius 1 is 0.818 bits per heavy atom. The van der Waals surface area contributed by atoms with Crippen LogP contribution in [-0.2, 0) is 9.59 Å². The highest BCUT2D eigenvalue weighted by Gasteiger charge is 2.52. The van der Waals surface area contributed by atoms with Crippen molar-refractivity contribution in [3.05, 3.63) is 67.6 Å². The first-order chi connectivity index (χ1) is 15.7. The van der Waals surface area contributed by atoms with E-state index in [0.29, 0.717) is 22.9 Å². The van der Waals surface area contributed by atoms with Gasteiger partial charge in [0.15, 0.2) is 5.78 Å². The largest absolute Gasteiger partial charge is 0.292 e. The Kier molecular flexibility index (Phi) is 7.01. The molecule has 2 aromatic carbocycles. The van der Waals surface area contributed by atoms with Gasteiger partial charge in [-0.3, -0.25) is 19.2 Å². The predicted molar refractivity (Wildman–Crippen MR) is 126 cm³/mol. The number of rotatable bonds is 5. The van der Waals surface area contributed by atoms with Crippen LogP contribution in [0.25, 0.3) is 0 Å². The number of imide groups is 1. The first-order valence-electron chi connectivity index (χ1n) is 10.3. The van der Waals surface area contributed by atoms with Crippen LogP contribution in [0.1, 0.15) is 46.4 Å². The van der Waals surface area contributed by atoms with E-state index in [2.05, 4.69) is 0 Å². The Bertz CT molecular complexity index is 1150. The number of hydrazine groups is 1. The summed E-state index contributed by atoms with van der Waals surface area (Å²) < 4.78 is 0. The van der Waals surface area contributed by atoms with Crippen molar-refractivity contribution in [1.29, 1.82) is 0 Å². The van der Waals surface area contributed by atoms with Crippen LogP contribution in [0, 0.1) is 11.8 Å². The van der Waals surface area contributed by atoms with E-state index in [0.717, 1.165) is 22.9 Å². The number of ketones is 1. The van der Waals surface area contributed by atoms with E-state index in [1.807, 2.05) is 0 Å². The molecule has 0 aromatic heterocycles. The summed E-state index contributed by atoms with van der Waals surface area (Å²) >= 11 is 24.3. The molecule has 1 saturated carbocycles. The minimum atomic E-state index is -0.768. The monoisotopic (exact) mass is 526 g/mol. The minimum absolute atomic E-state index is 0.00606. The highest BCUT2D eigenvalue weighted by Crippen LogP contribution is 2.39. The van der Waals surface area contributed by atoms with Crippen LogP contribution in [0.15, 0.2) is 36.4 Å². The van der Waals surface area contributed by atoms with E-state index in [-0.39, 0.29) is 21.2 Å². The summed E-state index contributed by atoms with van der Waals surface area (Å²) in [5, 5.41) is 2.46. The molecule has 1 saturated heterocycles. The lowest BCUT2D eigenvalue weighted by molar-refractivity contribution is -0.154. The average Bonchev–Trinajstić information content (AvgIpc) is 3.02. The number of hydrogen-bond donors (Lipinski definition) is 0. The Balaban J connectivity index is 1.73. The van der Waals surface area contributed by atoms with E-state index in [1.165, 1.54) is 36.4 Å². The molecule has 0 spiro atoms. The van der Waals surface area contributed by atoms with Gasteiger partial charge < -0.3 is 0 Å². The van der Waals surface area contributed by atoms with Gasteiger partial charge in [0.25, 0.3) is 17.7 Å². The van der Waals surface area contributed by atoms with Crippen LogP contribution in [-0.4, -0.2) is 40.1 Å². The molecule has 172 valence electrons. The average molecular weight is 528 g/mol. The van der Waals surface area contributed by atoms with Gasteiger partial charge in [0.05, 0.1) is 27.4 Å². The van der Waals surface area contributed by atoms with Crippen molar-refractivity contribution < 1.29 is 19.2 Å². The fourth-order valence-corrected chi connectivity index (χ4v) is 5.36. The molecule has 1 heterocycles. The number of Topliss-reactive ketones (excluding diaryl/α,β-unsaturated/α-hetero) is 1.